The molecule has 0 radical (unpaired) electrons. The molecule has 5 heterocycles. The van der Waals surface area contributed by atoms with E-state index >= 15 is 0 Å². The van der Waals surface area contributed by atoms with Crippen LogP contribution < -0.4 is 15.1 Å². The number of aliphatic hydroxyl groups excluding tert-OH is 1. The predicted molar refractivity (Wildman–Crippen MR) is 257 cm³/mol. The summed E-state index contributed by atoms with van der Waals surface area (Å²) in [4.78, 5) is 85.3. The summed E-state index contributed by atoms with van der Waals surface area (Å²) in [7, 11) is 2.77. The highest BCUT2D eigenvalue weighted by molar-refractivity contribution is 6.01. The van der Waals surface area contributed by atoms with Gasteiger partial charge >= 0.3 is 11.9 Å². The molecular formula is C55H57N5O9. The number of hydrogen-bond acceptors (Lipinski definition) is 11. The summed E-state index contributed by atoms with van der Waals surface area (Å²) in [5, 5.41) is 12.0. The van der Waals surface area contributed by atoms with Gasteiger partial charge in [-0.25, -0.2) is 9.59 Å². The number of Topliss-reactive ketones (excluding diaryl/α,β-unsaturated/α-hetero) is 1. The summed E-state index contributed by atoms with van der Waals surface area (Å²) in [5.41, 5.74) is 9.42. The Balaban J connectivity index is 0.000000130. The number of nitrogens with zero attached hydrogens (tertiary/aromatic N) is 4. The number of anilines is 2. The van der Waals surface area contributed by atoms with E-state index in [0.29, 0.717) is 36.1 Å². The summed E-state index contributed by atoms with van der Waals surface area (Å²) in [6.07, 6.45) is 16.7. The van der Waals surface area contributed by atoms with Crippen LogP contribution in [-0.2, 0) is 62.4 Å². The molecule has 0 saturated carbocycles. The van der Waals surface area contributed by atoms with Gasteiger partial charge in [-0.15, -0.1) is 0 Å². The molecule has 11 rings (SSSR count). The number of carbonyl (C=O) groups is 6. The fourth-order valence-corrected chi connectivity index (χ4v) is 11.4. The minimum absolute atomic E-state index is 0.168. The van der Waals surface area contributed by atoms with E-state index in [1.54, 1.807) is 36.9 Å². The van der Waals surface area contributed by atoms with E-state index in [2.05, 4.69) is 15.3 Å². The lowest BCUT2D eigenvalue weighted by atomic mass is 9.70. The first kappa shape index (κ1) is 47.0. The molecule has 3 aliphatic heterocycles. The van der Waals surface area contributed by atoms with Gasteiger partial charge in [0.05, 0.1) is 41.6 Å². The van der Waals surface area contributed by atoms with E-state index in [4.69, 9.17) is 14.6 Å². The SMILES string of the molecule is COC(=O)c1ccc2c(c1)CC1(CC2)CCN(c2ccncc2)C1=O.COC(=O)c1ccc2c(c1)CC1(CCNC1=O)CC2.O=C(CO)c1ccc2c(c1)CC1(CC2)CCN(c2ccncc2)C1=O. The summed E-state index contributed by atoms with van der Waals surface area (Å²) in [6.45, 7) is 1.73. The van der Waals surface area contributed by atoms with E-state index in [0.717, 1.165) is 105 Å². The molecule has 3 aliphatic carbocycles. The van der Waals surface area contributed by atoms with E-state index in [-0.39, 0.29) is 51.7 Å². The number of aromatic nitrogens is 2. The molecule has 3 fully saturated rings. The topological polar surface area (TPSA) is 185 Å². The maximum atomic E-state index is 13.2. The zero-order chi connectivity index (χ0) is 48.3. The molecule has 2 N–H and O–H groups in total. The molecule has 3 spiro atoms. The second-order valence-electron chi connectivity index (χ2n) is 19.2. The highest BCUT2D eigenvalue weighted by atomic mass is 16.5. The van der Waals surface area contributed by atoms with Gasteiger partial charge in [-0.1, -0.05) is 24.3 Å². The lowest BCUT2D eigenvalue weighted by molar-refractivity contribution is -0.128. The third-order valence-corrected chi connectivity index (χ3v) is 15.5. The van der Waals surface area contributed by atoms with Crippen molar-refractivity contribution in [3.8, 4) is 0 Å². The van der Waals surface area contributed by atoms with Crippen molar-refractivity contribution in [1.29, 1.82) is 0 Å². The van der Waals surface area contributed by atoms with E-state index < -0.39 is 6.61 Å². The first-order chi connectivity index (χ1) is 33.4. The minimum Gasteiger partial charge on any atom is -0.465 e. The van der Waals surface area contributed by atoms with Gasteiger partial charge in [-0.05, 0) is 165 Å². The fraction of sp³-hybridized carbons (Fsp3) is 0.382. The smallest absolute Gasteiger partial charge is 0.337 e. The number of nitrogens with one attached hydrogen (secondary N) is 1. The van der Waals surface area contributed by atoms with Crippen LogP contribution in [0.2, 0.25) is 0 Å². The number of esters is 2. The first-order valence-corrected chi connectivity index (χ1v) is 23.8. The summed E-state index contributed by atoms with van der Waals surface area (Å²) >= 11 is 0. The molecule has 2 aromatic heterocycles. The Morgan fingerprint density at radius 2 is 0.957 bits per heavy atom. The Bertz CT molecular complexity index is 2680. The lowest BCUT2D eigenvalue weighted by Crippen LogP contribution is -2.38. The Morgan fingerprint density at radius 3 is 1.36 bits per heavy atom. The fourth-order valence-electron chi connectivity index (χ4n) is 11.4. The quantitative estimate of drug-likeness (QED) is 0.142. The first-order valence-electron chi connectivity index (χ1n) is 23.8. The van der Waals surface area contributed by atoms with Crippen LogP contribution in [0.15, 0.2) is 104 Å². The molecule has 14 nitrogen and oxygen atoms in total. The third-order valence-electron chi connectivity index (χ3n) is 15.5. The van der Waals surface area contributed by atoms with Crippen LogP contribution in [0.25, 0.3) is 0 Å². The molecule has 0 bridgehead atoms. The molecule has 3 atom stereocenters. The van der Waals surface area contributed by atoms with Crippen molar-refractivity contribution in [2.45, 2.75) is 77.0 Å². The van der Waals surface area contributed by atoms with Gasteiger partial charge in [0.2, 0.25) is 17.7 Å². The number of aliphatic hydroxyl groups is 1. The maximum absolute atomic E-state index is 13.2. The standard InChI is InChI=1S/2C20H20N2O3.C15H17NO3/c1-25-18(23)15-3-2-14-4-7-20(13-16(14)12-15)8-11-22(19(20)24)17-5-9-21-10-6-17;23-13-18(24)15-2-1-14-3-6-20(12-16(14)11-15)7-10-22(19(20)25)17-4-8-21-9-5-17;1-19-13(17)11-3-2-10-4-5-15(9-12(10)8-11)6-7-16-14(15)18/h2-3,5-6,9-10,12H,4,7-8,11,13H2,1H3;1-2,4-5,8-9,11,23H,3,6-7,10,12-13H2;2-3,8H,4-7,9H2,1H3,(H,16,18). The van der Waals surface area contributed by atoms with Crippen molar-refractivity contribution in [3.63, 3.8) is 0 Å². The van der Waals surface area contributed by atoms with Crippen LogP contribution in [0.1, 0.15) is 103 Å². The Labute approximate surface area is 401 Å². The molecule has 356 valence electrons. The number of benzene rings is 3. The molecule has 3 aromatic carbocycles. The number of pyridine rings is 2. The van der Waals surface area contributed by atoms with Crippen LogP contribution in [-0.4, -0.2) is 91.0 Å². The minimum atomic E-state index is -0.487. The van der Waals surface area contributed by atoms with Crippen molar-refractivity contribution < 1.29 is 43.3 Å². The molecule has 5 aromatic rings. The average Bonchev–Trinajstić information content (AvgIpc) is 4.02. The molecule has 14 heteroatoms. The number of methoxy groups -OCH3 is 2. The van der Waals surface area contributed by atoms with Crippen LogP contribution in [0.5, 0.6) is 0 Å². The normalized spacial score (nSPS) is 23.0. The molecule has 69 heavy (non-hydrogen) atoms. The van der Waals surface area contributed by atoms with Gasteiger partial charge < -0.3 is 29.7 Å². The molecule has 3 amide bonds. The van der Waals surface area contributed by atoms with Gasteiger partial charge in [0, 0.05) is 61.4 Å². The number of rotatable bonds is 6. The van der Waals surface area contributed by atoms with Crippen LogP contribution in [0, 0.1) is 16.2 Å². The molecular weight excluding hydrogens is 875 g/mol. The number of aryl methyl sites for hydroxylation is 3. The maximum Gasteiger partial charge on any atom is 0.337 e. The van der Waals surface area contributed by atoms with Gasteiger partial charge in [0.1, 0.15) is 6.61 Å². The number of hydrogen-bond donors (Lipinski definition) is 2. The number of ketones is 1. The Hall–Kier alpha value is -7.06. The van der Waals surface area contributed by atoms with Crippen molar-refractivity contribution in [2.75, 3.05) is 50.3 Å². The highest BCUT2D eigenvalue weighted by Gasteiger charge is 2.50. The van der Waals surface area contributed by atoms with Gasteiger partial charge in [-0.3, -0.25) is 29.1 Å². The van der Waals surface area contributed by atoms with Crippen molar-refractivity contribution >= 4 is 46.8 Å². The van der Waals surface area contributed by atoms with Crippen molar-refractivity contribution in [2.24, 2.45) is 16.2 Å². The van der Waals surface area contributed by atoms with Gasteiger partial charge in [0.25, 0.3) is 0 Å². The highest BCUT2D eigenvalue weighted by Crippen LogP contribution is 2.47. The van der Waals surface area contributed by atoms with E-state index in [1.807, 2.05) is 76.5 Å². The van der Waals surface area contributed by atoms with Crippen molar-refractivity contribution in [3.05, 3.63) is 154 Å². The number of fused-ring (bicyclic) bond motifs is 3. The Kier molecular flexibility index (Phi) is 13.3. The predicted octanol–water partition coefficient (Wildman–Crippen LogP) is 6.42. The zero-order valence-corrected chi connectivity index (χ0v) is 39.1. The summed E-state index contributed by atoms with van der Waals surface area (Å²) < 4.78 is 9.57. The van der Waals surface area contributed by atoms with E-state index in [9.17, 15) is 28.8 Å². The molecule has 3 unspecified atom stereocenters. The number of carbonyl (C=O) groups excluding carboxylic acids is 6. The van der Waals surface area contributed by atoms with Crippen LogP contribution in [0.4, 0.5) is 11.4 Å². The van der Waals surface area contributed by atoms with Crippen LogP contribution >= 0.6 is 0 Å². The molecule has 6 aliphatic rings. The van der Waals surface area contributed by atoms with E-state index in [1.165, 1.54) is 30.9 Å². The average molecular weight is 932 g/mol. The number of ether oxygens (including phenoxy) is 2. The van der Waals surface area contributed by atoms with Gasteiger partial charge in [0.15, 0.2) is 5.78 Å². The summed E-state index contributed by atoms with van der Waals surface area (Å²) in [6, 6.07) is 24.5. The summed E-state index contributed by atoms with van der Waals surface area (Å²) in [5.74, 6) is -0.409. The monoisotopic (exact) mass is 931 g/mol. The second-order valence-corrected chi connectivity index (χ2v) is 19.2. The number of amides is 3. The van der Waals surface area contributed by atoms with Gasteiger partial charge in [-0.2, -0.15) is 0 Å². The van der Waals surface area contributed by atoms with Crippen LogP contribution in [0.3, 0.4) is 0 Å². The second kappa shape index (κ2) is 19.5. The zero-order valence-electron chi connectivity index (χ0n) is 39.1. The Morgan fingerprint density at radius 1 is 0.551 bits per heavy atom. The lowest BCUT2D eigenvalue weighted by Gasteiger charge is -2.33. The third kappa shape index (κ3) is 9.17. The van der Waals surface area contributed by atoms with Crippen molar-refractivity contribution in [1.82, 2.24) is 15.3 Å². The molecule has 3 saturated heterocycles. The largest absolute Gasteiger partial charge is 0.465 e.